The molecule has 0 aliphatic carbocycles. The van der Waals surface area contributed by atoms with Crippen LogP contribution in [0.2, 0.25) is 0 Å². The summed E-state index contributed by atoms with van der Waals surface area (Å²) in [7, 11) is -2.52. The zero-order valence-electron chi connectivity index (χ0n) is 16.0. The molecule has 2 N–H and O–H groups in total. The Morgan fingerprint density at radius 1 is 1.03 bits per heavy atom. The summed E-state index contributed by atoms with van der Waals surface area (Å²) >= 11 is 0. The van der Waals surface area contributed by atoms with Gasteiger partial charge in [-0.2, -0.15) is 0 Å². The van der Waals surface area contributed by atoms with E-state index in [1.807, 2.05) is 30.3 Å². The van der Waals surface area contributed by atoms with E-state index < -0.39 is 16.0 Å². The van der Waals surface area contributed by atoms with Gasteiger partial charge in [-0.05, 0) is 60.4 Å². The molecule has 7 heteroatoms. The number of sulfonamides is 1. The van der Waals surface area contributed by atoms with Crippen molar-refractivity contribution in [3.05, 3.63) is 89.0 Å². The molecule has 0 radical (unpaired) electrons. The summed E-state index contributed by atoms with van der Waals surface area (Å²) < 4.78 is 34.0. The zero-order valence-corrected chi connectivity index (χ0v) is 16.9. The predicted molar refractivity (Wildman–Crippen MR) is 111 cm³/mol. The number of aryl methyl sites for hydroxylation is 1. The van der Waals surface area contributed by atoms with Crippen LogP contribution in [0.1, 0.15) is 27.0 Å². The number of rotatable bonds is 7. The summed E-state index contributed by atoms with van der Waals surface area (Å²) in [5.41, 5.74) is 2.15. The molecule has 0 saturated heterocycles. The summed E-state index contributed by atoms with van der Waals surface area (Å²) in [5.74, 6) is -0.668. The first-order valence-corrected chi connectivity index (χ1v) is 10.4. The average molecular weight is 411 g/mol. The minimum atomic E-state index is -4.03. The molecule has 0 heterocycles. The van der Waals surface area contributed by atoms with Crippen molar-refractivity contribution in [2.24, 2.45) is 0 Å². The highest BCUT2D eigenvalue weighted by molar-refractivity contribution is 7.92. The van der Waals surface area contributed by atoms with Crippen LogP contribution in [0.15, 0.2) is 71.6 Å². The summed E-state index contributed by atoms with van der Waals surface area (Å²) in [5, 5.41) is 9.39. The van der Waals surface area contributed by atoms with Crippen molar-refractivity contribution in [1.82, 2.24) is 0 Å². The smallest absolute Gasteiger partial charge is 0.337 e. The fourth-order valence-corrected chi connectivity index (χ4v) is 4.32. The van der Waals surface area contributed by atoms with Crippen molar-refractivity contribution < 1.29 is 23.1 Å². The topological polar surface area (TPSA) is 92.7 Å². The van der Waals surface area contributed by atoms with Crippen LogP contribution in [0.4, 0.5) is 5.69 Å². The molecule has 3 aromatic carbocycles. The molecule has 150 valence electrons. The van der Waals surface area contributed by atoms with Gasteiger partial charge >= 0.3 is 5.97 Å². The Kier molecular flexibility index (Phi) is 5.89. The van der Waals surface area contributed by atoms with E-state index in [2.05, 4.69) is 4.72 Å². The molecule has 3 rings (SSSR count). The third kappa shape index (κ3) is 4.75. The van der Waals surface area contributed by atoms with Crippen molar-refractivity contribution >= 4 is 21.7 Å². The maximum atomic E-state index is 13.2. The van der Waals surface area contributed by atoms with Crippen LogP contribution < -0.4 is 9.46 Å². The first-order chi connectivity index (χ1) is 13.8. The van der Waals surface area contributed by atoms with Crippen LogP contribution >= 0.6 is 0 Å². The molecule has 3 aromatic rings. The normalized spacial score (nSPS) is 11.1. The molecular formula is C22H21NO5S. The zero-order chi connectivity index (χ0) is 21.0. The van der Waals surface area contributed by atoms with Gasteiger partial charge in [-0.1, -0.05) is 36.4 Å². The van der Waals surface area contributed by atoms with Crippen molar-refractivity contribution in [2.75, 3.05) is 11.8 Å². The number of benzene rings is 3. The van der Waals surface area contributed by atoms with Gasteiger partial charge in [-0.25, -0.2) is 13.2 Å². The first kappa shape index (κ1) is 20.4. The lowest BCUT2D eigenvalue weighted by molar-refractivity contribution is 0.0698. The van der Waals surface area contributed by atoms with Gasteiger partial charge in [0.15, 0.2) is 0 Å². The van der Waals surface area contributed by atoms with Gasteiger partial charge in [0.25, 0.3) is 10.0 Å². The minimum absolute atomic E-state index is 0.0268. The summed E-state index contributed by atoms with van der Waals surface area (Å²) in [6.45, 7) is 1.76. The number of anilines is 1. The summed E-state index contributed by atoms with van der Waals surface area (Å²) in [4.78, 5) is 11.6. The fourth-order valence-electron chi connectivity index (χ4n) is 3.03. The number of carboxylic acids is 1. The highest BCUT2D eigenvalue weighted by Gasteiger charge is 2.22. The van der Waals surface area contributed by atoms with Crippen LogP contribution in [-0.4, -0.2) is 26.6 Å². The van der Waals surface area contributed by atoms with E-state index in [1.165, 1.54) is 25.3 Å². The largest absolute Gasteiger partial charge is 0.497 e. The van der Waals surface area contributed by atoms with E-state index in [0.717, 1.165) is 11.1 Å². The lowest BCUT2D eigenvalue weighted by Crippen LogP contribution is -2.17. The Morgan fingerprint density at radius 2 is 1.76 bits per heavy atom. The Bertz CT molecular complexity index is 1140. The van der Waals surface area contributed by atoms with Crippen LogP contribution in [0.5, 0.6) is 5.75 Å². The van der Waals surface area contributed by atoms with Gasteiger partial charge in [0.05, 0.1) is 23.3 Å². The highest BCUT2D eigenvalue weighted by atomic mass is 32.2. The molecular weight excluding hydrogens is 390 g/mol. The monoisotopic (exact) mass is 411 g/mol. The van der Waals surface area contributed by atoms with E-state index in [-0.39, 0.29) is 16.1 Å². The fraction of sp³-hybridized carbons (Fsp3) is 0.136. The molecule has 0 fully saturated rings. The maximum absolute atomic E-state index is 13.2. The lowest BCUT2D eigenvalue weighted by Gasteiger charge is -2.15. The SMILES string of the molecule is COc1ccc(S(=O)(=O)Nc2cc(C)ccc2C(=O)O)c(Cc2ccccc2)c1. The molecule has 0 aromatic heterocycles. The van der Waals surface area contributed by atoms with E-state index in [9.17, 15) is 18.3 Å². The number of carboxylic acid groups (broad SMARTS) is 1. The summed E-state index contributed by atoms with van der Waals surface area (Å²) in [6, 6.07) is 18.7. The summed E-state index contributed by atoms with van der Waals surface area (Å²) in [6.07, 6.45) is 0.383. The van der Waals surface area contributed by atoms with Gasteiger partial charge in [-0.3, -0.25) is 4.72 Å². The van der Waals surface area contributed by atoms with E-state index in [0.29, 0.717) is 17.7 Å². The molecule has 0 aliphatic rings. The Labute approximate surface area is 169 Å². The van der Waals surface area contributed by atoms with Crippen molar-refractivity contribution in [3.63, 3.8) is 0 Å². The molecule has 29 heavy (non-hydrogen) atoms. The number of aromatic carboxylic acids is 1. The molecule has 0 aliphatic heterocycles. The van der Waals surface area contributed by atoms with Gasteiger partial charge < -0.3 is 9.84 Å². The first-order valence-electron chi connectivity index (χ1n) is 8.88. The van der Waals surface area contributed by atoms with Gasteiger partial charge in [0.2, 0.25) is 0 Å². The van der Waals surface area contributed by atoms with Gasteiger partial charge in [0, 0.05) is 0 Å². The van der Waals surface area contributed by atoms with E-state index in [4.69, 9.17) is 4.74 Å². The molecule has 0 spiro atoms. The molecule has 6 nitrogen and oxygen atoms in total. The Morgan fingerprint density at radius 3 is 2.41 bits per heavy atom. The quantitative estimate of drug-likeness (QED) is 0.611. The lowest BCUT2D eigenvalue weighted by atomic mass is 10.0. The van der Waals surface area contributed by atoms with Gasteiger partial charge in [0.1, 0.15) is 5.75 Å². The number of hydrogen-bond acceptors (Lipinski definition) is 4. The maximum Gasteiger partial charge on any atom is 0.337 e. The second-order valence-electron chi connectivity index (χ2n) is 6.60. The Hall–Kier alpha value is -3.32. The third-order valence-electron chi connectivity index (χ3n) is 4.44. The Balaban J connectivity index is 2.05. The molecule has 0 bridgehead atoms. The molecule has 0 amide bonds. The number of methoxy groups -OCH3 is 1. The second-order valence-corrected chi connectivity index (χ2v) is 8.25. The predicted octanol–water partition coefficient (Wildman–Crippen LogP) is 4.09. The van der Waals surface area contributed by atoms with E-state index in [1.54, 1.807) is 25.1 Å². The van der Waals surface area contributed by atoms with Crippen molar-refractivity contribution in [3.8, 4) is 5.75 Å². The highest BCUT2D eigenvalue weighted by Crippen LogP contribution is 2.28. The van der Waals surface area contributed by atoms with Gasteiger partial charge in [-0.15, -0.1) is 0 Å². The van der Waals surface area contributed by atoms with Crippen LogP contribution in [0, 0.1) is 6.92 Å². The van der Waals surface area contributed by atoms with Crippen molar-refractivity contribution in [2.45, 2.75) is 18.2 Å². The van der Waals surface area contributed by atoms with E-state index >= 15 is 0 Å². The third-order valence-corrected chi connectivity index (χ3v) is 5.91. The number of nitrogens with one attached hydrogen (secondary N) is 1. The van der Waals surface area contributed by atoms with Crippen molar-refractivity contribution in [1.29, 1.82) is 0 Å². The molecule has 0 unspecified atom stereocenters. The molecule has 0 saturated carbocycles. The number of carbonyl (C=O) groups is 1. The molecule has 0 atom stereocenters. The average Bonchev–Trinajstić information content (AvgIpc) is 2.68. The standard InChI is InChI=1S/C22H21NO5S/c1-15-8-10-19(22(24)25)20(12-15)23-29(26,27)21-11-9-18(28-2)14-17(21)13-16-6-4-3-5-7-16/h3-12,14,23H,13H2,1-2H3,(H,24,25). The van der Waals surface area contributed by atoms with Crippen LogP contribution in [0.25, 0.3) is 0 Å². The number of ether oxygens (including phenoxy) is 1. The van der Waals surface area contributed by atoms with Crippen LogP contribution in [-0.2, 0) is 16.4 Å². The minimum Gasteiger partial charge on any atom is -0.497 e. The second kappa shape index (κ2) is 8.36. The number of hydrogen-bond donors (Lipinski definition) is 2. The van der Waals surface area contributed by atoms with Crippen LogP contribution in [0.3, 0.4) is 0 Å².